The lowest BCUT2D eigenvalue weighted by molar-refractivity contribution is -0.134. The summed E-state index contributed by atoms with van der Waals surface area (Å²) in [5.74, 6) is 0.467. The molecule has 0 saturated carbocycles. The van der Waals surface area contributed by atoms with Crippen LogP contribution in [0.4, 0.5) is 5.82 Å². The Morgan fingerprint density at radius 2 is 1.97 bits per heavy atom. The first-order valence-electron chi connectivity index (χ1n) is 10.2. The lowest BCUT2D eigenvalue weighted by Crippen LogP contribution is -2.46. The molecule has 158 valence electrons. The maximum absolute atomic E-state index is 13.1. The van der Waals surface area contributed by atoms with Crippen molar-refractivity contribution in [3.8, 4) is 0 Å². The Kier molecular flexibility index (Phi) is 6.93. The topological polar surface area (TPSA) is 62.3 Å². The van der Waals surface area contributed by atoms with Crippen molar-refractivity contribution in [3.05, 3.63) is 69.9 Å². The fourth-order valence-electron chi connectivity index (χ4n) is 3.74. The number of carbonyl (C=O) groups excluding carboxylic acids is 2. The zero-order valence-electron chi connectivity index (χ0n) is 17.9. The third-order valence-electron chi connectivity index (χ3n) is 5.55. The van der Waals surface area contributed by atoms with Gasteiger partial charge in [0.25, 0.3) is 0 Å². The molecule has 0 bridgehead atoms. The van der Waals surface area contributed by atoms with E-state index in [1.807, 2.05) is 38.1 Å². The van der Waals surface area contributed by atoms with E-state index in [2.05, 4.69) is 24.1 Å². The van der Waals surface area contributed by atoms with Gasteiger partial charge in [0.2, 0.25) is 11.8 Å². The summed E-state index contributed by atoms with van der Waals surface area (Å²) in [6.45, 7) is 8.39. The highest BCUT2D eigenvalue weighted by Gasteiger charge is 2.36. The van der Waals surface area contributed by atoms with Crippen molar-refractivity contribution in [2.45, 2.75) is 46.6 Å². The van der Waals surface area contributed by atoms with Crippen molar-refractivity contribution in [1.29, 1.82) is 0 Å². The molecule has 3 rings (SSSR count). The molecule has 0 saturated heterocycles. The van der Waals surface area contributed by atoms with Crippen LogP contribution in [0.1, 0.15) is 38.3 Å². The Labute approximate surface area is 183 Å². The van der Waals surface area contributed by atoms with Gasteiger partial charge in [0.1, 0.15) is 11.9 Å². The Bertz CT molecular complexity index is 970. The SMILES string of the molecule is CC1=C(Cc2cccc(Cl)c2C)CN(C(CC(C)C)C(=O)Nc2ccccn2)C1=O. The van der Waals surface area contributed by atoms with Crippen LogP contribution < -0.4 is 5.32 Å². The van der Waals surface area contributed by atoms with Gasteiger partial charge in [0.15, 0.2) is 0 Å². The predicted molar refractivity (Wildman–Crippen MR) is 120 cm³/mol. The Morgan fingerprint density at radius 1 is 1.20 bits per heavy atom. The lowest BCUT2D eigenvalue weighted by Gasteiger charge is -2.29. The predicted octanol–water partition coefficient (Wildman–Crippen LogP) is 4.80. The second-order valence-electron chi connectivity index (χ2n) is 8.21. The molecule has 0 fully saturated rings. The monoisotopic (exact) mass is 425 g/mol. The summed E-state index contributed by atoms with van der Waals surface area (Å²) in [7, 11) is 0. The van der Waals surface area contributed by atoms with Crippen molar-refractivity contribution in [3.63, 3.8) is 0 Å². The summed E-state index contributed by atoms with van der Waals surface area (Å²) < 4.78 is 0. The minimum absolute atomic E-state index is 0.0773. The van der Waals surface area contributed by atoms with Crippen LogP contribution in [0.3, 0.4) is 0 Å². The van der Waals surface area contributed by atoms with E-state index in [9.17, 15) is 9.59 Å². The number of amides is 2. The van der Waals surface area contributed by atoms with Gasteiger partial charge in [-0.2, -0.15) is 0 Å². The number of nitrogens with one attached hydrogen (secondary N) is 1. The van der Waals surface area contributed by atoms with Crippen LogP contribution >= 0.6 is 11.6 Å². The molecule has 30 heavy (non-hydrogen) atoms. The molecule has 6 heteroatoms. The van der Waals surface area contributed by atoms with Gasteiger partial charge in [0, 0.05) is 23.3 Å². The van der Waals surface area contributed by atoms with E-state index in [4.69, 9.17) is 11.6 Å². The Hall–Kier alpha value is -2.66. The van der Waals surface area contributed by atoms with Gasteiger partial charge in [0.05, 0.1) is 0 Å². The number of halogens is 1. The first-order chi connectivity index (χ1) is 14.3. The van der Waals surface area contributed by atoms with E-state index in [1.165, 1.54) is 0 Å². The van der Waals surface area contributed by atoms with Crippen molar-refractivity contribution in [2.24, 2.45) is 5.92 Å². The lowest BCUT2D eigenvalue weighted by atomic mass is 9.98. The molecule has 1 aromatic heterocycles. The summed E-state index contributed by atoms with van der Waals surface area (Å²) in [5.41, 5.74) is 3.88. The molecule has 0 spiro atoms. The molecule has 0 radical (unpaired) electrons. The van der Waals surface area contributed by atoms with Gasteiger partial charge in [-0.25, -0.2) is 4.98 Å². The molecular formula is C24H28ClN3O2. The van der Waals surface area contributed by atoms with Gasteiger partial charge >= 0.3 is 0 Å². The van der Waals surface area contributed by atoms with Crippen LogP contribution in [0.2, 0.25) is 5.02 Å². The Balaban J connectivity index is 1.81. The molecule has 1 N–H and O–H groups in total. The van der Waals surface area contributed by atoms with Gasteiger partial charge in [-0.3, -0.25) is 9.59 Å². The van der Waals surface area contributed by atoms with Crippen LogP contribution in [0, 0.1) is 12.8 Å². The van der Waals surface area contributed by atoms with Crippen LogP contribution in [-0.4, -0.2) is 34.3 Å². The van der Waals surface area contributed by atoms with E-state index in [1.54, 1.807) is 23.2 Å². The largest absolute Gasteiger partial charge is 0.323 e. The summed E-state index contributed by atoms with van der Waals surface area (Å²) in [4.78, 5) is 32.0. The fourth-order valence-corrected chi connectivity index (χ4v) is 3.94. The number of carbonyl (C=O) groups is 2. The average Bonchev–Trinajstić information content (AvgIpc) is 2.98. The minimum Gasteiger partial charge on any atom is -0.323 e. The minimum atomic E-state index is -0.549. The smallest absolute Gasteiger partial charge is 0.250 e. The molecule has 2 heterocycles. The van der Waals surface area contributed by atoms with E-state index in [0.29, 0.717) is 30.8 Å². The van der Waals surface area contributed by atoms with Crippen LogP contribution in [0.25, 0.3) is 0 Å². The number of nitrogens with zero attached hydrogens (tertiary/aromatic N) is 2. The van der Waals surface area contributed by atoms with Gasteiger partial charge < -0.3 is 10.2 Å². The average molecular weight is 426 g/mol. The standard InChI is InChI=1S/C24H28ClN3O2/c1-15(2)12-21(23(29)27-22-10-5-6-11-26-22)28-14-19(17(4)24(28)30)13-18-8-7-9-20(25)16(18)3/h5-11,15,21H,12-14H2,1-4H3,(H,26,27,29). The molecule has 2 amide bonds. The molecule has 1 atom stereocenters. The van der Waals surface area contributed by atoms with E-state index in [-0.39, 0.29) is 17.7 Å². The van der Waals surface area contributed by atoms with Gasteiger partial charge in [-0.15, -0.1) is 0 Å². The van der Waals surface area contributed by atoms with Crippen molar-refractivity contribution in [2.75, 3.05) is 11.9 Å². The maximum atomic E-state index is 13.1. The molecular weight excluding hydrogens is 398 g/mol. The van der Waals surface area contributed by atoms with Gasteiger partial charge in [-0.1, -0.05) is 43.6 Å². The molecule has 1 aromatic carbocycles. The number of anilines is 1. The van der Waals surface area contributed by atoms with E-state index in [0.717, 1.165) is 21.7 Å². The molecule has 5 nitrogen and oxygen atoms in total. The number of aromatic nitrogens is 1. The highest BCUT2D eigenvalue weighted by molar-refractivity contribution is 6.31. The second-order valence-corrected chi connectivity index (χ2v) is 8.62. The molecule has 1 unspecified atom stereocenters. The van der Waals surface area contributed by atoms with Crippen molar-refractivity contribution in [1.82, 2.24) is 9.88 Å². The van der Waals surface area contributed by atoms with Crippen LogP contribution in [-0.2, 0) is 16.0 Å². The number of benzene rings is 1. The maximum Gasteiger partial charge on any atom is 0.250 e. The van der Waals surface area contributed by atoms with Crippen molar-refractivity contribution >= 4 is 29.2 Å². The molecule has 0 aliphatic carbocycles. The number of pyridine rings is 1. The van der Waals surface area contributed by atoms with E-state index >= 15 is 0 Å². The normalized spacial score (nSPS) is 15.1. The molecule has 1 aliphatic heterocycles. The van der Waals surface area contributed by atoms with Crippen LogP contribution in [0.5, 0.6) is 0 Å². The van der Waals surface area contributed by atoms with Gasteiger partial charge in [-0.05, 0) is 67.5 Å². The van der Waals surface area contributed by atoms with E-state index < -0.39 is 6.04 Å². The van der Waals surface area contributed by atoms with Crippen molar-refractivity contribution < 1.29 is 9.59 Å². The highest BCUT2D eigenvalue weighted by Crippen LogP contribution is 2.29. The summed E-state index contributed by atoms with van der Waals surface area (Å²) in [6, 6.07) is 10.6. The number of hydrogen-bond donors (Lipinski definition) is 1. The summed E-state index contributed by atoms with van der Waals surface area (Å²) in [5, 5.41) is 3.58. The zero-order valence-corrected chi connectivity index (χ0v) is 18.7. The number of rotatable bonds is 7. The molecule has 2 aromatic rings. The third-order valence-corrected chi connectivity index (χ3v) is 5.96. The second kappa shape index (κ2) is 9.43. The summed E-state index contributed by atoms with van der Waals surface area (Å²) in [6.07, 6.45) is 2.86. The highest BCUT2D eigenvalue weighted by atomic mass is 35.5. The zero-order chi connectivity index (χ0) is 21.8. The first kappa shape index (κ1) is 22.0. The third kappa shape index (κ3) is 4.90. The number of hydrogen-bond acceptors (Lipinski definition) is 3. The summed E-state index contributed by atoms with van der Waals surface area (Å²) >= 11 is 6.27. The fraction of sp³-hybridized carbons (Fsp3) is 0.375. The molecule has 1 aliphatic rings. The quantitative estimate of drug-likeness (QED) is 0.693. The first-order valence-corrected chi connectivity index (χ1v) is 10.6. The Morgan fingerprint density at radius 3 is 2.63 bits per heavy atom. The van der Waals surface area contributed by atoms with Crippen LogP contribution in [0.15, 0.2) is 53.7 Å².